The topological polar surface area (TPSA) is 82.5 Å². The van der Waals surface area contributed by atoms with Gasteiger partial charge in [-0.05, 0) is 43.2 Å². The van der Waals surface area contributed by atoms with E-state index in [1.807, 2.05) is 0 Å². The molecule has 116 valence electrons. The number of phenolic OH excluding ortho intramolecular Hbond substituents is 2. The van der Waals surface area contributed by atoms with Gasteiger partial charge >= 0.3 is 0 Å². The van der Waals surface area contributed by atoms with E-state index in [1.54, 1.807) is 13.0 Å². The minimum atomic E-state index is -0.428. The number of rotatable bonds is 4. The molecule has 0 fully saturated rings. The highest BCUT2D eigenvalue weighted by molar-refractivity contribution is 6.34. The number of nitrogens with one attached hydrogen (secondary N) is 1. The fourth-order valence-corrected chi connectivity index (χ4v) is 2.31. The van der Waals surface area contributed by atoms with Crippen LogP contribution in [0.3, 0.4) is 0 Å². The van der Waals surface area contributed by atoms with E-state index in [-0.39, 0.29) is 33.4 Å². The monoisotopic (exact) mass is 340 g/mol. The number of hydrogen-bond donors (Lipinski definition) is 3. The highest BCUT2D eigenvalue weighted by atomic mass is 35.5. The van der Waals surface area contributed by atoms with E-state index in [0.29, 0.717) is 6.42 Å². The minimum absolute atomic E-state index is 0.0644. The summed E-state index contributed by atoms with van der Waals surface area (Å²) in [5, 5.41) is 21.9. The maximum absolute atomic E-state index is 12.1. The fraction of sp³-hybridized carbons (Fsp3) is 0.200. The Morgan fingerprint density at radius 2 is 1.95 bits per heavy atom. The summed E-state index contributed by atoms with van der Waals surface area (Å²) in [6.07, 6.45) is 0.470. The molecule has 22 heavy (non-hydrogen) atoms. The lowest BCUT2D eigenvalue weighted by Gasteiger charge is -2.14. The Kier molecular flexibility index (Phi) is 5.11. The van der Waals surface area contributed by atoms with Gasteiger partial charge in [0.2, 0.25) is 0 Å². The van der Waals surface area contributed by atoms with Gasteiger partial charge in [-0.1, -0.05) is 29.3 Å². The summed E-state index contributed by atoms with van der Waals surface area (Å²) in [6, 6.07) is 7.30. The molecule has 7 heteroatoms. The molecule has 2 rings (SSSR count). The standard InChI is InChI=1S/C15H14Cl2N2O3/c1-8(6-9-2-4-11(20)12(21)7-9)18-15(22)14-10(16)3-5-13(17)19-14/h2-5,7-8,20-21H,6H2,1H3,(H,18,22). The van der Waals surface area contributed by atoms with Gasteiger partial charge in [0.15, 0.2) is 11.5 Å². The zero-order valence-corrected chi connectivity index (χ0v) is 13.2. The highest BCUT2D eigenvalue weighted by Gasteiger charge is 2.16. The number of pyridine rings is 1. The molecule has 1 atom stereocenters. The maximum Gasteiger partial charge on any atom is 0.271 e. The van der Waals surface area contributed by atoms with E-state index in [0.717, 1.165) is 5.56 Å². The lowest BCUT2D eigenvalue weighted by Crippen LogP contribution is -2.34. The van der Waals surface area contributed by atoms with Crippen molar-refractivity contribution in [2.45, 2.75) is 19.4 Å². The minimum Gasteiger partial charge on any atom is -0.504 e. The number of amides is 1. The van der Waals surface area contributed by atoms with Crippen molar-refractivity contribution in [2.24, 2.45) is 0 Å². The van der Waals surface area contributed by atoms with Crippen LogP contribution in [0.15, 0.2) is 30.3 Å². The number of halogens is 2. The van der Waals surface area contributed by atoms with Crippen molar-refractivity contribution in [2.75, 3.05) is 0 Å². The molecule has 0 aliphatic heterocycles. The van der Waals surface area contributed by atoms with Gasteiger partial charge in [0.05, 0.1) is 5.02 Å². The van der Waals surface area contributed by atoms with Gasteiger partial charge in [-0.2, -0.15) is 0 Å². The van der Waals surface area contributed by atoms with Gasteiger partial charge in [-0.25, -0.2) is 4.98 Å². The number of hydrogen-bond acceptors (Lipinski definition) is 4. The van der Waals surface area contributed by atoms with Gasteiger partial charge in [-0.3, -0.25) is 4.79 Å². The van der Waals surface area contributed by atoms with E-state index in [2.05, 4.69) is 10.3 Å². The number of benzene rings is 1. The average Bonchev–Trinajstić information content (AvgIpc) is 2.45. The molecule has 5 nitrogen and oxygen atoms in total. The van der Waals surface area contributed by atoms with Gasteiger partial charge in [-0.15, -0.1) is 0 Å². The van der Waals surface area contributed by atoms with Crippen molar-refractivity contribution in [3.8, 4) is 11.5 Å². The molecule has 1 amide bonds. The summed E-state index contributed by atoms with van der Waals surface area (Å²) in [5.74, 6) is -0.811. The van der Waals surface area contributed by atoms with Crippen LogP contribution in [0.4, 0.5) is 0 Å². The van der Waals surface area contributed by atoms with Crippen LogP contribution < -0.4 is 5.32 Å². The van der Waals surface area contributed by atoms with E-state index < -0.39 is 5.91 Å². The summed E-state index contributed by atoms with van der Waals surface area (Å²) >= 11 is 11.7. The van der Waals surface area contributed by atoms with Crippen LogP contribution in [0.2, 0.25) is 10.2 Å². The summed E-state index contributed by atoms with van der Waals surface area (Å²) in [5.41, 5.74) is 0.836. The van der Waals surface area contributed by atoms with Gasteiger partial charge < -0.3 is 15.5 Å². The van der Waals surface area contributed by atoms with E-state index >= 15 is 0 Å². The molecule has 1 heterocycles. The largest absolute Gasteiger partial charge is 0.504 e. The van der Waals surface area contributed by atoms with Gasteiger partial charge in [0.1, 0.15) is 10.8 Å². The normalized spacial score (nSPS) is 12.0. The van der Waals surface area contributed by atoms with Crippen molar-refractivity contribution in [1.82, 2.24) is 10.3 Å². The van der Waals surface area contributed by atoms with E-state index in [9.17, 15) is 15.0 Å². The molecule has 1 unspecified atom stereocenters. The molecular weight excluding hydrogens is 327 g/mol. The third kappa shape index (κ3) is 4.02. The van der Waals surface area contributed by atoms with Crippen LogP contribution in [-0.4, -0.2) is 27.1 Å². The predicted molar refractivity (Wildman–Crippen MR) is 84.7 cm³/mol. The molecule has 1 aromatic carbocycles. The molecule has 0 saturated carbocycles. The zero-order chi connectivity index (χ0) is 16.3. The van der Waals surface area contributed by atoms with Crippen LogP contribution in [0.25, 0.3) is 0 Å². The molecule has 1 aromatic heterocycles. The second-order valence-electron chi connectivity index (χ2n) is 4.87. The number of carbonyl (C=O) groups excluding carboxylic acids is 1. The Morgan fingerprint density at radius 1 is 1.23 bits per heavy atom. The number of aromatic nitrogens is 1. The summed E-state index contributed by atoms with van der Waals surface area (Å²) < 4.78 is 0. The molecule has 0 spiro atoms. The molecular formula is C15H14Cl2N2O3. The Bertz CT molecular complexity index is 707. The highest BCUT2D eigenvalue weighted by Crippen LogP contribution is 2.25. The molecule has 3 N–H and O–H groups in total. The second kappa shape index (κ2) is 6.85. The smallest absolute Gasteiger partial charge is 0.271 e. The first-order valence-corrected chi connectivity index (χ1v) is 7.26. The second-order valence-corrected chi connectivity index (χ2v) is 5.66. The van der Waals surface area contributed by atoms with Crippen LogP contribution in [0.1, 0.15) is 23.0 Å². The fourth-order valence-electron chi connectivity index (χ4n) is 1.97. The van der Waals surface area contributed by atoms with Gasteiger partial charge in [0.25, 0.3) is 5.91 Å². The molecule has 0 bridgehead atoms. The summed E-state index contributed by atoms with van der Waals surface area (Å²) in [6.45, 7) is 1.81. The third-order valence-corrected chi connectivity index (χ3v) is 3.50. The number of nitrogens with zero attached hydrogens (tertiary/aromatic N) is 1. The Labute approximate surface area is 137 Å². The first-order chi connectivity index (χ1) is 10.4. The zero-order valence-electron chi connectivity index (χ0n) is 11.7. The first-order valence-electron chi connectivity index (χ1n) is 6.50. The summed E-state index contributed by atoms with van der Waals surface area (Å²) in [7, 11) is 0. The maximum atomic E-state index is 12.1. The average molecular weight is 341 g/mol. The first kappa shape index (κ1) is 16.4. The van der Waals surface area contributed by atoms with E-state index in [4.69, 9.17) is 23.2 Å². The molecule has 0 saturated heterocycles. The molecule has 0 aliphatic rings. The van der Waals surface area contributed by atoms with Crippen molar-refractivity contribution < 1.29 is 15.0 Å². The molecule has 0 radical (unpaired) electrons. The lowest BCUT2D eigenvalue weighted by atomic mass is 10.1. The van der Waals surface area contributed by atoms with E-state index in [1.165, 1.54) is 24.3 Å². The molecule has 2 aromatic rings. The summed E-state index contributed by atoms with van der Waals surface area (Å²) in [4.78, 5) is 16.0. The Hall–Kier alpha value is -1.98. The predicted octanol–water partition coefficient (Wildman–Crippen LogP) is 3.16. The van der Waals surface area contributed by atoms with Gasteiger partial charge in [0, 0.05) is 6.04 Å². The van der Waals surface area contributed by atoms with Crippen LogP contribution in [0, 0.1) is 0 Å². The SMILES string of the molecule is CC(Cc1ccc(O)c(O)c1)NC(=O)c1nc(Cl)ccc1Cl. The van der Waals surface area contributed by atoms with Crippen molar-refractivity contribution in [3.05, 3.63) is 51.8 Å². The molecule has 0 aliphatic carbocycles. The Balaban J connectivity index is 2.04. The van der Waals surface area contributed by atoms with Crippen LogP contribution in [-0.2, 0) is 6.42 Å². The number of aromatic hydroxyl groups is 2. The van der Waals surface area contributed by atoms with Crippen molar-refractivity contribution in [1.29, 1.82) is 0 Å². The van der Waals surface area contributed by atoms with Crippen molar-refractivity contribution >= 4 is 29.1 Å². The van der Waals surface area contributed by atoms with Crippen LogP contribution in [0.5, 0.6) is 11.5 Å². The quantitative estimate of drug-likeness (QED) is 0.589. The van der Waals surface area contributed by atoms with Crippen LogP contribution >= 0.6 is 23.2 Å². The lowest BCUT2D eigenvalue weighted by molar-refractivity contribution is 0.0935. The third-order valence-electron chi connectivity index (χ3n) is 2.99. The van der Waals surface area contributed by atoms with Crippen molar-refractivity contribution in [3.63, 3.8) is 0 Å². The Morgan fingerprint density at radius 3 is 2.64 bits per heavy atom. The number of carbonyl (C=O) groups is 1. The number of phenols is 2.